The first-order valence-corrected chi connectivity index (χ1v) is 8.54. The summed E-state index contributed by atoms with van der Waals surface area (Å²) in [6.45, 7) is 12.7. The van der Waals surface area contributed by atoms with Crippen LogP contribution in [0.25, 0.3) is 0 Å². The molecule has 1 aliphatic carbocycles. The van der Waals surface area contributed by atoms with Gasteiger partial charge in [-0.25, -0.2) is 0 Å². The molecule has 3 rings (SSSR count). The molecule has 0 saturated carbocycles. The van der Waals surface area contributed by atoms with Crippen LogP contribution in [0.2, 0.25) is 0 Å². The Morgan fingerprint density at radius 1 is 1.33 bits per heavy atom. The predicted molar refractivity (Wildman–Crippen MR) is 86.6 cm³/mol. The first-order valence-electron chi connectivity index (χ1n) is 8.54. The lowest BCUT2D eigenvalue weighted by molar-refractivity contribution is 0.175. The molecule has 0 spiro atoms. The first-order chi connectivity index (χ1) is 9.97. The summed E-state index contributed by atoms with van der Waals surface area (Å²) in [4.78, 5) is 2.55. The zero-order chi connectivity index (χ0) is 15.0. The van der Waals surface area contributed by atoms with Crippen molar-refractivity contribution in [2.45, 2.75) is 65.5 Å². The summed E-state index contributed by atoms with van der Waals surface area (Å²) in [5.41, 5.74) is 1.75. The molecule has 21 heavy (non-hydrogen) atoms. The van der Waals surface area contributed by atoms with Crippen LogP contribution in [0.3, 0.4) is 0 Å². The SMILES string of the molecule is CCN1CCC(NC2CC(C)(C)Cc3oc(C)cc32)CC1. The van der Waals surface area contributed by atoms with Crippen LogP contribution in [-0.4, -0.2) is 30.6 Å². The summed E-state index contributed by atoms with van der Waals surface area (Å²) in [7, 11) is 0. The summed E-state index contributed by atoms with van der Waals surface area (Å²) in [6.07, 6.45) is 4.84. The zero-order valence-corrected chi connectivity index (χ0v) is 14.0. The maximum Gasteiger partial charge on any atom is 0.109 e. The summed E-state index contributed by atoms with van der Waals surface area (Å²) in [5, 5.41) is 3.94. The summed E-state index contributed by atoms with van der Waals surface area (Å²) in [6, 6.07) is 3.39. The van der Waals surface area contributed by atoms with Gasteiger partial charge in [0.1, 0.15) is 11.5 Å². The highest BCUT2D eigenvalue weighted by molar-refractivity contribution is 5.29. The second-order valence-electron chi connectivity index (χ2n) is 7.71. The highest BCUT2D eigenvalue weighted by atomic mass is 16.3. The second kappa shape index (κ2) is 5.77. The standard InChI is InChI=1S/C18H30N2O/c1-5-20-8-6-14(7-9-20)19-16-11-18(3,4)12-17-15(16)10-13(2)21-17/h10,14,16,19H,5-9,11-12H2,1-4H3. The van der Waals surface area contributed by atoms with E-state index in [0.717, 1.165) is 12.2 Å². The molecule has 0 amide bonds. The Morgan fingerprint density at radius 3 is 2.71 bits per heavy atom. The van der Waals surface area contributed by atoms with Gasteiger partial charge in [0.2, 0.25) is 0 Å². The van der Waals surface area contributed by atoms with Gasteiger partial charge in [-0.1, -0.05) is 20.8 Å². The minimum Gasteiger partial charge on any atom is -0.466 e. The van der Waals surface area contributed by atoms with E-state index in [4.69, 9.17) is 4.42 Å². The number of aryl methyl sites for hydroxylation is 1. The summed E-state index contributed by atoms with van der Waals surface area (Å²) in [5.74, 6) is 2.28. The topological polar surface area (TPSA) is 28.4 Å². The molecule has 1 saturated heterocycles. The van der Waals surface area contributed by atoms with E-state index < -0.39 is 0 Å². The van der Waals surface area contributed by atoms with Crippen molar-refractivity contribution in [3.8, 4) is 0 Å². The van der Waals surface area contributed by atoms with E-state index >= 15 is 0 Å². The van der Waals surface area contributed by atoms with Crippen molar-refractivity contribution < 1.29 is 4.42 Å². The highest BCUT2D eigenvalue weighted by Gasteiger charge is 2.36. The average Bonchev–Trinajstić information content (AvgIpc) is 2.78. The smallest absolute Gasteiger partial charge is 0.109 e. The Labute approximate surface area is 129 Å². The number of nitrogens with zero attached hydrogens (tertiary/aromatic N) is 1. The third kappa shape index (κ3) is 3.35. The van der Waals surface area contributed by atoms with Crippen LogP contribution < -0.4 is 5.32 Å². The van der Waals surface area contributed by atoms with Crippen LogP contribution >= 0.6 is 0 Å². The van der Waals surface area contributed by atoms with E-state index in [9.17, 15) is 0 Å². The number of piperidine rings is 1. The van der Waals surface area contributed by atoms with Gasteiger partial charge in [0.15, 0.2) is 0 Å². The molecule has 1 aromatic heterocycles. The van der Waals surface area contributed by atoms with Crippen LogP contribution in [0.1, 0.15) is 63.2 Å². The first kappa shape index (κ1) is 15.1. The zero-order valence-electron chi connectivity index (χ0n) is 14.0. The predicted octanol–water partition coefficient (Wildman–Crippen LogP) is 3.68. The molecular weight excluding hydrogens is 260 g/mol. The van der Waals surface area contributed by atoms with E-state index in [2.05, 4.69) is 44.0 Å². The average molecular weight is 290 g/mol. The van der Waals surface area contributed by atoms with E-state index in [1.165, 1.54) is 50.2 Å². The van der Waals surface area contributed by atoms with Crippen molar-refractivity contribution in [1.82, 2.24) is 10.2 Å². The Bertz CT molecular complexity index is 483. The van der Waals surface area contributed by atoms with E-state index in [1.54, 1.807) is 0 Å². The fourth-order valence-electron chi connectivity index (χ4n) is 4.03. The largest absolute Gasteiger partial charge is 0.466 e. The van der Waals surface area contributed by atoms with Gasteiger partial charge < -0.3 is 14.6 Å². The number of furan rings is 1. The van der Waals surface area contributed by atoms with Crippen molar-refractivity contribution in [3.63, 3.8) is 0 Å². The van der Waals surface area contributed by atoms with Gasteiger partial charge in [0, 0.05) is 24.1 Å². The molecule has 0 radical (unpaired) electrons. The molecule has 1 N–H and O–H groups in total. The fraction of sp³-hybridized carbons (Fsp3) is 0.778. The van der Waals surface area contributed by atoms with E-state index in [-0.39, 0.29) is 0 Å². The van der Waals surface area contributed by atoms with Gasteiger partial charge in [-0.2, -0.15) is 0 Å². The van der Waals surface area contributed by atoms with Gasteiger partial charge in [0.25, 0.3) is 0 Å². The number of rotatable bonds is 3. The minimum atomic E-state index is 0.332. The molecule has 2 heterocycles. The third-order valence-corrected chi connectivity index (χ3v) is 5.21. The molecule has 1 fully saturated rings. The third-order valence-electron chi connectivity index (χ3n) is 5.21. The number of hydrogen-bond donors (Lipinski definition) is 1. The molecule has 1 aromatic rings. The maximum atomic E-state index is 5.95. The minimum absolute atomic E-state index is 0.332. The lowest BCUT2D eigenvalue weighted by Gasteiger charge is -2.39. The van der Waals surface area contributed by atoms with Crippen LogP contribution in [0.4, 0.5) is 0 Å². The quantitative estimate of drug-likeness (QED) is 0.920. The lowest BCUT2D eigenvalue weighted by atomic mass is 9.74. The Hall–Kier alpha value is -0.800. The van der Waals surface area contributed by atoms with Crippen molar-refractivity contribution in [2.24, 2.45) is 5.41 Å². The Kier molecular flexibility index (Phi) is 4.15. The normalized spacial score (nSPS) is 26.8. The Morgan fingerprint density at radius 2 is 2.05 bits per heavy atom. The van der Waals surface area contributed by atoms with Crippen molar-refractivity contribution in [3.05, 3.63) is 23.2 Å². The molecule has 0 aromatic carbocycles. The molecule has 1 atom stereocenters. The van der Waals surface area contributed by atoms with Gasteiger partial charge in [-0.3, -0.25) is 0 Å². The summed E-state index contributed by atoms with van der Waals surface area (Å²) >= 11 is 0. The lowest BCUT2D eigenvalue weighted by Crippen LogP contribution is -2.45. The maximum absolute atomic E-state index is 5.95. The molecular formula is C18H30N2O. The molecule has 1 unspecified atom stereocenters. The molecule has 118 valence electrons. The van der Waals surface area contributed by atoms with Gasteiger partial charge in [-0.05, 0) is 57.3 Å². The highest BCUT2D eigenvalue weighted by Crippen LogP contribution is 2.42. The van der Waals surface area contributed by atoms with Crippen molar-refractivity contribution >= 4 is 0 Å². The van der Waals surface area contributed by atoms with Crippen molar-refractivity contribution in [1.29, 1.82) is 0 Å². The van der Waals surface area contributed by atoms with E-state index in [1.807, 2.05) is 0 Å². The van der Waals surface area contributed by atoms with Crippen LogP contribution in [0, 0.1) is 12.3 Å². The van der Waals surface area contributed by atoms with Crippen molar-refractivity contribution in [2.75, 3.05) is 19.6 Å². The molecule has 3 heteroatoms. The van der Waals surface area contributed by atoms with Gasteiger partial charge >= 0.3 is 0 Å². The monoisotopic (exact) mass is 290 g/mol. The van der Waals surface area contributed by atoms with Gasteiger partial charge in [-0.15, -0.1) is 0 Å². The van der Waals surface area contributed by atoms with Crippen LogP contribution in [-0.2, 0) is 6.42 Å². The number of nitrogens with one attached hydrogen (secondary N) is 1. The van der Waals surface area contributed by atoms with E-state index in [0.29, 0.717) is 17.5 Å². The molecule has 2 aliphatic rings. The van der Waals surface area contributed by atoms with Crippen LogP contribution in [0.5, 0.6) is 0 Å². The molecule has 1 aliphatic heterocycles. The van der Waals surface area contributed by atoms with Crippen LogP contribution in [0.15, 0.2) is 10.5 Å². The molecule has 3 nitrogen and oxygen atoms in total. The number of hydrogen-bond acceptors (Lipinski definition) is 3. The number of fused-ring (bicyclic) bond motifs is 1. The molecule has 0 bridgehead atoms. The summed E-state index contributed by atoms with van der Waals surface area (Å²) < 4.78 is 5.95. The number of likely N-dealkylation sites (tertiary alicyclic amines) is 1. The Balaban J connectivity index is 1.70. The van der Waals surface area contributed by atoms with Gasteiger partial charge in [0.05, 0.1) is 0 Å². The second-order valence-corrected chi connectivity index (χ2v) is 7.71. The fourth-order valence-corrected chi connectivity index (χ4v) is 4.03.